The van der Waals surface area contributed by atoms with Crippen LogP contribution in [0, 0.1) is 0 Å². The third-order valence-corrected chi connectivity index (χ3v) is 8.39. The summed E-state index contributed by atoms with van der Waals surface area (Å²) in [5.74, 6) is 0.940. The summed E-state index contributed by atoms with van der Waals surface area (Å²) in [6.45, 7) is 4.67. The van der Waals surface area contributed by atoms with Crippen molar-refractivity contribution in [1.29, 1.82) is 0 Å². The maximum absolute atomic E-state index is 13.9. The van der Waals surface area contributed by atoms with Crippen LogP contribution in [0.3, 0.4) is 0 Å². The van der Waals surface area contributed by atoms with Crippen LogP contribution in [0.4, 0.5) is 0 Å². The zero-order valence-electron chi connectivity index (χ0n) is 24.8. The number of ether oxygens (including phenoxy) is 1. The van der Waals surface area contributed by atoms with Gasteiger partial charge in [-0.2, -0.15) is 0 Å². The summed E-state index contributed by atoms with van der Waals surface area (Å²) in [6, 6.07) is 37.3. The van der Waals surface area contributed by atoms with E-state index in [4.69, 9.17) is 4.74 Å². The number of para-hydroxylation sites is 1. The summed E-state index contributed by atoms with van der Waals surface area (Å²) in [7, 11) is 2.08. The number of aromatic nitrogens is 1. The molecule has 218 valence electrons. The molecule has 1 unspecified atom stereocenters. The van der Waals surface area contributed by atoms with Gasteiger partial charge >= 0.3 is 0 Å². The molecule has 5 nitrogen and oxygen atoms in total. The lowest BCUT2D eigenvalue weighted by atomic mass is 9.87. The third-order valence-electron chi connectivity index (χ3n) is 8.39. The van der Waals surface area contributed by atoms with Gasteiger partial charge in [0.25, 0.3) is 0 Å². The number of carbonyl (C=O) groups is 1. The van der Waals surface area contributed by atoms with Crippen molar-refractivity contribution < 1.29 is 9.53 Å². The molecule has 2 heterocycles. The molecule has 0 radical (unpaired) electrons. The van der Waals surface area contributed by atoms with Crippen LogP contribution in [-0.2, 0) is 18.4 Å². The lowest BCUT2D eigenvalue weighted by Crippen LogP contribution is -2.48. The fourth-order valence-electron chi connectivity index (χ4n) is 6.01. The second-order valence-electron chi connectivity index (χ2n) is 11.3. The fourth-order valence-corrected chi connectivity index (χ4v) is 6.01. The number of hydrogen-bond donors (Lipinski definition) is 0. The summed E-state index contributed by atoms with van der Waals surface area (Å²) in [5, 5.41) is 1.19. The number of nitrogens with zero attached hydrogens (tertiary/aromatic N) is 3. The quantitative estimate of drug-likeness (QED) is 0.179. The number of hydrogen-bond acceptors (Lipinski definition) is 3. The molecule has 43 heavy (non-hydrogen) atoms. The second-order valence-corrected chi connectivity index (χ2v) is 11.3. The molecule has 1 aromatic heterocycles. The lowest BCUT2D eigenvalue weighted by molar-refractivity contribution is -0.133. The summed E-state index contributed by atoms with van der Waals surface area (Å²) >= 11 is 0. The maximum Gasteiger partial charge on any atom is 0.223 e. The predicted molar refractivity (Wildman–Crippen MR) is 175 cm³/mol. The normalized spacial score (nSPS) is 14.8. The molecule has 5 aromatic rings. The number of carbonyl (C=O) groups excluding carboxylic acids is 1. The second kappa shape index (κ2) is 13.6. The van der Waals surface area contributed by atoms with Crippen LogP contribution in [0.15, 0.2) is 121 Å². The van der Waals surface area contributed by atoms with Crippen LogP contribution in [0.25, 0.3) is 17.0 Å². The van der Waals surface area contributed by atoms with Gasteiger partial charge in [-0.15, -0.1) is 0 Å². The Morgan fingerprint density at radius 2 is 1.56 bits per heavy atom. The molecule has 1 atom stereocenters. The minimum atomic E-state index is -0.0780. The van der Waals surface area contributed by atoms with Crippen molar-refractivity contribution in [3.05, 3.63) is 144 Å². The molecule has 0 spiro atoms. The van der Waals surface area contributed by atoms with E-state index in [1.54, 1.807) is 0 Å². The number of benzene rings is 4. The molecule has 0 saturated carbocycles. The van der Waals surface area contributed by atoms with E-state index < -0.39 is 0 Å². The van der Waals surface area contributed by atoms with Gasteiger partial charge in [0.2, 0.25) is 5.91 Å². The summed E-state index contributed by atoms with van der Waals surface area (Å²) in [6.07, 6.45) is 7.00. The predicted octanol–water partition coefficient (Wildman–Crippen LogP) is 7.14. The molecule has 1 aliphatic heterocycles. The molecule has 1 aliphatic rings. The highest BCUT2D eigenvalue weighted by Gasteiger charge is 2.27. The molecular weight excluding hydrogens is 530 g/mol. The average molecular weight is 570 g/mol. The van der Waals surface area contributed by atoms with Crippen molar-refractivity contribution in [1.82, 2.24) is 14.4 Å². The molecule has 5 heteroatoms. The van der Waals surface area contributed by atoms with E-state index >= 15 is 0 Å². The molecule has 1 fully saturated rings. The topological polar surface area (TPSA) is 37.7 Å². The molecule has 6 rings (SSSR count). The standard InChI is InChI=1S/C38H39N3O2/c1-39-28-36(34-19-8-9-20-37(34)39)35(32-17-10-18-33(26-32)43-29-31-14-6-3-7-15-31)27-38(42)41-24-22-40(23-25-41)21-11-16-30-12-4-2-5-13-30/h2-20,26,28,35H,21-25,27,29H2,1H3. The van der Waals surface area contributed by atoms with Crippen LogP contribution in [0.5, 0.6) is 5.75 Å². The van der Waals surface area contributed by atoms with Gasteiger partial charge in [0, 0.05) is 69.2 Å². The van der Waals surface area contributed by atoms with Crippen LogP contribution in [-0.4, -0.2) is 53.0 Å². The minimum absolute atomic E-state index is 0.0780. The molecule has 4 aromatic carbocycles. The van der Waals surface area contributed by atoms with Gasteiger partial charge in [-0.3, -0.25) is 9.69 Å². The van der Waals surface area contributed by atoms with Gasteiger partial charge < -0.3 is 14.2 Å². The molecule has 0 N–H and O–H groups in total. The van der Waals surface area contributed by atoms with Crippen LogP contribution in [0.1, 0.15) is 34.6 Å². The average Bonchev–Trinajstić information content (AvgIpc) is 3.40. The monoisotopic (exact) mass is 569 g/mol. The molecule has 1 saturated heterocycles. The van der Waals surface area contributed by atoms with Crippen LogP contribution in [0.2, 0.25) is 0 Å². The smallest absolute Gasteiger partial charge is 0.223 e. The number of amides is 1. The van der Waals surface area contributed by atoms with Crippen molar-refractivity contribution in [3.8, 4) is 5.75 Å². The Morgan fingerprint density at radius 3 is 2.35 bits per heavy atom. The summed E-state index contributed by atoms with van der Waals surface area (Å²) < 4.78 is 8.36. The lowest BCUT2D eigenvalue weighted by Gasteiger charge is -2.35. The first-order chi connectivity index (χ1) is 21.1. The van der Waals surface area contributed by atoms with Crippen molar-refractivity contribution in [2.45, 2.75) is 18.9 Å². The van der Waals surface area contributed by atoms with Crippen molar-refractivity contribution in [2.75, 3.05) is 32.7 Å². The first-order valence-corrected chi connectivity index (χ1v) is 15.2. The molecule has 1 amide bonds. The number of fused-ring (bicyclic) bond motifs is 1. The highest BCUT2D eigenvalue weighted by atomic mass is 16.5. The Balaban J connectivity index is 1.17. The van der Waals surface area contributed by atoms with Gasteiger partial charge in [-0.1, -0.05) is 103 Å². The van der Waals surface area contributed by atoms with E-state index in [-0.39, 0.29) is 11.8 Å². The highest BCUT2D eigenvalue weighted by molar-refractivity contribution is 5.86. The van der Waals surface area contributed by atoms with Gasteiger partial charge in [-0.25, -0.2) is 0 Å². The van der Waals surface area contributed by atoms with Crippen LogP contribution >= 0.6 is 0 Å². The molecule has 0 aliphatic carbocycles. The number of piperazine rings is 1. The van der Waals surface area contributed by atoms with E-state index in [2.05, 4.69) is 108 Å². The highest BCUT2D eigenvalue weighted by Crippen LogP contribution is 2.36. The Bertz CT molecular complexity index is 1670. The number of rotatable bonds is 10. The fraction of sp³-hybridized carbons (Fsp3) is 0.237. The first kappa shape index (κ1) is 28.5. The van der Waals surface area contributed by atoms with E-state index in [9.17, 15) is 4.79 Å². The Kier molecular flexibility index (Phi) is 9.00. The van der Waals surface area contributed by atoms with Crippen molar-refractivity contribution in [2.24, 2.45) is 7.05 Å². The Labute approximate surface area is 254 Å². The number of aryl methyl sites for hydroxylation is 1. The van der Waals surface area contributed by atoms with E-state index in [1.165, 1.54) is 22.0 Å². The summed E-state index contributed by atoms with van der Waals surface area (Å²) in [5.41, 5.74) is 5.79. The van der Waals surface area contributed by atoms with E-state index in [1.807, 2.05) is 41.3 Å². The molecular formula is C38H39N3O2. The minimum Gasteiger partial charge on any atom is -0.489 e. The van der Waals surface area contributed by atoms with Crippen molar-refractivity contribution in [3.63, 3.8) is 0 Å². The van der Waals surface area contributed by atoms with Crippen molar-refractivity contribution >= 4 is 22.9 Å². The maximum atomic E-state index is 13.9. The van der Waals surface area contributed by atoms with Gasteiger partial charge in [-0.05, 0) is 40.5 Å². The first-order valence-electron chi connectivity index (χ1n) is 15.2. The van der Waals surface area contributed by atoms with Gasteiger partial charge in [0.15, 0.2) is 0 Å². The van der Waals surface area contributed by atoms with E-state index in [0.29, 0.717) is 13.0 Å². The SMILES string of the molecule is Cn1cc(C(CC(=O)N2CCN(CC=Cc3ccccc3)CC2)c2cccc(OCc3ccccc3)c2)c2ccccc21. The zero-order chi connectivity index (χ0) is 29.4. The van der Waals surface area contributed by atoms with E-state index in [0.717, 1.165) is 49.6 Å². The summed E-state index contributed by atoms with van der Waals surface area (Å²) in [4.78, 5) is 18.3. The van der Waals surface area contributed by atoms with Crippen LogP contribution < -0.4 is 4.74 Å². The Morgan fingerprint density at radius 1 is 0.837 bits per heavy atom. The molecule has 0 bridgehead atoms. The largest absolute Gasteiger partial charge is 0.489 e. The zero-order valence-corrected chi connectivity index (χ0v) is 24.8. The Hall–Kier alpha value is -4.61. The van der Waals surface area contributed by atoms with Gasteiger partial charge in [0.05, 0.1) is 0 Å². The van der Waals surface area contributed by atoms with Gasteiger partial charge in [0.1, 0.15) is 12.4 Å². The third kappa shape index (κ3) is 7.07.